The van der Waals surface area contributed by atoms with Crippen LogP contribution in [-0.2, 0) is 9.59 Å². The molecule has 1 unspecified atom stereocenters. The summed E-state index contributed by atoms with van der Waals surface area (Å²) in [5, 5.41) is 5.00. The Bertz CT molecular complexity index is 887. The highest BCUT2D eigenvalue weighted by molar-refractivity contribution is 8.22. The maximum atomic E-state index is 12.9. The summed E-state index contributed by atoms with van der Waals surface area (Å²) in [5.41, 5.74) is -0.0226. The lowest BCUT2D eigenvalue weighted by atomic mass is 9.92. The largest absolute Gasteiger partial charge is 0.346 e. The molecule has 1 atom stereocenters. The molecule has 0 aromatic heterocycles. The van der Waals surface area contributed by atoms with Crippen LogP contribution in [0.25, 0.3) is 10.8 Å². The van der Waals surface area contributed by atoms with Gasteiger partial charge >= 0.3 is 0 Å². The number of fused-ring (bicyclic) bond motifs is 1. The van der Waals surface area contributed by atoms with Crippen molar-refractivity contribution >= 4 is 46.0 Å². The molecule has 1 aliphatic heterocycles. The standard InChI is InChI=1S/C21H25NO2S2/c1-14(23)21(25-11-12-26-21)18(22-19(24)20(2,3)4)17-10-9-15-7-5-6-8-16(15)13-17/h5-10,13,18H,11-12H2,1-4H3,(H,22,24)/i18D. The van der Waals surface area contributed by atoms with Crippen molar-refractivity contribution in [1.29, 1.82) is 0 Å². The van der Waals surface area contributed by atoms with E-state index in [-0.39, 0.29) is 11.7 Å². The van der Waals surface area contributed by atoms with Gasteiger partial charge in [-0.25, -0.2) is 0 Å². The summed E-state index contributed by atoms with van der Waals surface area (Å²) in [6.45, 7) is 6.98. The minimum absolute atomic E-state index is 0.0904. The van der Waals surface area contributed by atoms with Crippen LogP contribution in [0, 0.1) is 5.41 Å². The first kappa shape index (κ1) is 17.9. The van der Waals surface area contributed by atoms with E-state index in [1.54, 1.807) is 0 Å². The van der Waals surface area contributed by atoms with Gasteiger partial charge in [0, 0.05) is 16.9 Å². The minimum atomic E-state index is -1.56. The van der Waals surface area contributed by atoms with Gasteiger partial charge in [0.25, 0.3) is 0 Å². The Balaban J connectivity index is 2.19. The van der Waals surface area contributed by atoms with E-state index in [1.165, 1.54) is 30.4 Å². The second-order valence-corrected chi connectivity index (χ2v) is 10.4. The number of Topliss-reactive ketones (excluding diaryl/α,β-unsaturated/α-hetero) is 1. The van der Waals surface area contributed by atoms with Gasteiger partial charge in [0.2, 0.25) is 5.91 Å². The number of hydrogen-bond acceptors (Lipinski definition) is 4. The first-order valence-electron chi connectivity index (χ1n) is 9.21. The molecule has 2 aromatic rings. The van der Waals surface area contributed by atoms with Crippen LogP contribution in [0.15, 0.2) is 42.5 Å². The molecule has 3 nitrogen and oxygen atoms in total. The number of rotatable bonds is 4. The summed E-state index contributed by atoms with van der Waals surface area (Å²) in [6.07, 6.45) is 0. The Hall–Kier alpha value is -1.46. The average molecular weight is 389 g/mol. The molecular formula is C21H25NO2S2. The summed E-state index contributed by atoms with van der Waals surface area (Å²) in [4.78, 5) is 25.6. The van der Waals surface area contributed by atoms with Gasteiger partial charge < -0.3 is 5.32 Å². The van der Waals surface area contributed by atoms with Crippen molar-refractivity contribution in [1.82, 2.24) is 5.32 Å². The second-order valence-electron chi connectivity index (χ2n) is 7.51. The fraction of sp³-hybridized carbons (Fsp3) is 0.429. The molecule has 0 bridgehead atoms. The highest BCUT2D eigenvalue weighted by Gasteiger charge is 2.49. The third-order valence-electron chi connectivity index (χ3n) is 4.44. The number of thioether (sulfide) groups is 2. The number of carbonyl (C=O) groups is 2. The van der Waals surface area contributed by atoms with Gasteiger partial charge in [-0.3, -0.25) is 9.59 Å². The van der Waals surface area contributed by atoms with Gasteiger partial charge in [-0.2, -0.15) is 0 Å². The van der Waals surface area contributed by atoms with Crippen molar-refractivity contribution in [2.45, 2.75) is 37.8 Å². The van der Waals surface area contributed by atoms with E-state index < -0.39 is 15.5 Å². The van der Waals surface area contributed by atoms with E-state index >= 15 is 0 Å². The van der Waals surface area contributed by atoms with Gasteiger partial charge in [-0.1, -0.05) is 57.2 Å². The second kappa shape index (κ2) is 7.28. The van der Waals surface area contributed by atoms with Crippen LogP contribution in [0.1, 0.15) is 40.6 Å². The first-order chi connectivity index (χ1) is 12.6. The maximum Gasteiger partial charge on any atom is 0.225 e. The zero-order chi connectivity index (χ0) is 19.9. The van der Waals surface area contributed by atoms with Crippen LogP contribution in [0.3, 0.4) is 0 Å². The predicted molar refractivity (Wildman–Crippen MR) is 113 cm³/mol. The molecule has 0 aliphatic carbocycles. The molecule has 0 saturated carbocycles. The van der Waals surface area contributed by atoms with Crippen LogP contribution >= 0.6 is 23.5 Å². The molecule has 26 heavy (non-hydrogen) atoms. The molecule has 1 N–H and O–H groups in total. The SMILES string of the molecule is [2H]C(NC(=O)C(C)(C)C)(c1ccc2ccccc2c1)C1(C(C)=O)SCCS1. The van der Waals surface area contributed by atoms with Gasteiger partial charge in [0.15, 0.2) is 5.78 Å². The number of hydrogen-bond donors (Lipinski definition) is 1. The Kier molecular flexibility index (Phi) is 5.02. The topological polar surface area (TPSA) is 46.2 Å². The monoisotopic (exact) mass is 388 g/mol. The van der Waals surface area contributed by atoms with Crippen molar-refractivity contribution in [3.8, 4) is 0 Å². The lowest BCUT2D eigenvalue weighted by Crippen LogP contribution is -2.48. The highest BCUT2D eigenvalue weighted by Crippen LogP contribution is 2.52. The molecule has 2 aromatic carbocycles. The predicted octanol–water partition coefficient (Wildman–Crippen LogP) is 4.81. The van der Waals surface area contributed by atoms with Crippen molar-refractivity contribution in [2.75, 3.05) is 11.5 Å². The smallest absolute Gasteiger partial charge is 0.225 e. The summed E-state index contributed by atoms with van der Waals surface area (Å²) < 4.78 is 8.37. The maximum absolute atomic E-state index is 12.9. The van der Waals surface area contributed by atoms with E-state index in [4.69, 9.17) is 0 Å². The van der Waals surface area contributed by atoms with Crippen molar-refractivity contribution in [3.05, 3.63) is 48.0 Å². The lowest BCUT2D eigenvalue weighted by Gasteiger charge is -2.36. The fourth-order valence-corrected chi connectivity index (χ4v) is 6.03. The lowest BCUT2D eigenvalue weighted by molar-refractivity contribution is -0.129. The summed E-state index contributed by atoms with van der Waals surface area (Å²) in [6, 6.07) is 12.1. The number of carbonyl (C=O) groups excluding carboxylic acids is 2. The van der Waals surface area contributed by atoms with Gasteiger partial charge in [0.1, 0.15) is 4.08 Å². The molecule has 138 valence electrons. The summed E-state index contributed by atoms with van der Waals surface area (Å²) >= 11 is 2.94. The third-order valence-corrected chi connectivity index (χ3v) is 8.02. The van der Waals surface area contributed by atoms with E-state index in [2.05, 4.69) is 5.32 Å². The van der Waals surface area contributed by atoms with Crippen molar-refractivity contribution in [2.24, 2.45) is 5.41 Å². The van der Waals surface area contributed by atoms with Crippen molar-refractivity contribution in [3.63, 3.8) is 0 Å². The molecule has 0 spiro atoms. The Morgan fingerprint density at radius 3 is 2.31 bits per heavy atom. The van der Waals surface area contributed by atoms with Crippen LogP contribution in [0.5, 0.6) is 0 Å². The zero-order valence-corrected chi connectivity index (χ0v) is 17.2. The Morgan fingerprint density at radius 1 is 1.12 bits per heavy atom. The van der Waals surface area contributed by atoms with Crippen molar-refractivity contribution < 1.29 is 11.0 Å². The number of amides is 1. The molecule has 1 aliphatic rings. The molecule has 1 saturated heterocycles. The van der Waals surface area contributed by atoms with E-state index in [9.17, 15) is 11.0 Å². The quantitative estimate of drug-likeness (QED) is 0.816. The van der Waals surface area contributed by atoms with Crippen LogP contribution in [-0.4, -0.2) is 27.3 Å². The molecule has 3 rings (SSSR count). The fourth-order valence-electron chi connectivity index (χ4n) is 2.93. The normalized spacial score (nSPS) is 19.6. The average Bonchev–Trinajstić information content (AvgIpc) is 3.12. The molecule has 1 amide bonds. The first-order valence-corrected chi connectivity index (χ1v) is 10.7. The Morgan fingerprint density at radius 2 is 1.73 bits per heavy atom. The van der Waals surface area contributed by atoms with E-state index in [1.807, 2.05) is 63.2 Å². The number of nitrogens with one attached hydrogen (secondary N) is 1. The van der Waals surface area contributed by atoms with Crippen LogP contribution in [0.2, 0.25) is 0 Å². The van der Waals surface area contributed by atoms with E-state index in [0.717, 1.165) is 22.3 Å². The molecule has 0 radical (unpaired) electrons. The van der Waals surface area contributed by atoms with Crippen LogP contribution in [0.4, 0.5) is 0 Å². The number of ketones is 1. The summed E-state index contributed by atoms with van der Waals surface area (Å²) in [7, 11) is 0. The van der Waals surface area contributed by atoms with Gasteiger partial charge in [0.05, 0.1) is 7.39 Å². The molecule has 1 fully saturated rings. The zero-order valence-electron chi connectivity index (χ0n) is 16.6. The van der Waals surface area contributed by atoms with Gasteiger partial charge in [-0.05, 0) is 29.3 Å². The summed E-state index contributed by atoms with van der Waals surface area (Å²) in [5.74, 6) is 1.24. The van der Waals surface area contributed by atoms with Crippen LogP contribution < -0.4 is 5.32 Å². The third kappa shape index (κ3) is 3.65. The van der Waals surface area contributed by atoms with Gasteiger partial charge in [-0.15, -0.1) is 23.5 Å². The minimum Gasteiger partial charge on any atom is -0.346 e. The van der Waals surface area contributed by atoms with E-state index in [0.29, 0.717) is 5.56 Å². The highest BCUT2D eigenvalue weighted by atomic mass is 32.2. The number of benzene rings is 2. The molecule has 1 heterocycles. The Labute approximate surface area is 165 Å². The molecule has 5 heteroatoms. The molecular weight excluding hydrogens is 362 g/mol.